The highest BCUT2D eigenvalue weighted by molar-refractivity contribution is 5.45. The van der Waals surface area contributed by atoms with Crippen molar-refractivity contribution in [2.45, 2.75) is 69.6 Å². The molecule has 2 atom stereocenters. The van der Waals surface area contributed by atoms with Crippen molar-refractivity contribution in [1.82, 2.24) is 15.3 Å². The van der Waals surface area contributed by atoms with Crippen molar-refractivity contribution in [1.29, 1.82) is 0 Å². The lowest BCUT2D eigenvalue weighted by Gasteiger charge is -2.35. The van der Waals surface area contributed by atoms with Gasteiger partial charge in [-0.05, 0) is 56.7 Å². The van der Waals surface area contributed by atoms with Crippen LogP contribution in [0.4, 0.5) is 19.0 Å². The van der Waals surface area contributed by atoms with Crippen molar-refractivity contribution in [3.8, 4) is 0 Å². The van der Waals surface area contributed by atoms with Crippen LogP contribution >= 0.6 is 0 Å². The van der Waals surface area contributed by atoms with E-state index < -0.39 is 17.3 Å². The van der Waals surface area contributed by atoms with E-state index in [2.05, 4.69) is 15.2 Å². The highest BCUT2D eigenvalue weighted by atomic mass is 19.4. The largest absolute Gasteiger partial charge is 0.416 e. The van der Waals surface area contributed by atoms with Crippen LogP contribution in [0, 0.1) is 5.92 Å². The molecule has 6 nitrogen and oxygen atoms in total. The number of rotatable bonds is 7. The molecule has 32 heavy (non-hydrogen) atoms. The molecule has 0 amide bonds. The van der Waals surface area contributed by atoms with Crippen LogP contribution in [0.15, 0.2) is 29.5 Å². The van der Waals surface area contributed by atoms with Gasteiger partial charge in [-0.1, -0.05) is 13.3 Å². The molecule has 1 aliphatic heterocycles. The fraction of sp³-hybridized carbons (Fsp3) is 0.652. The average Bonchev–Trinajstić information content (AvgIpc) is 3.56. The van der Waals surface area contributed by atoms with Crippen LogP contribution in [0.5, 0.6) is 0 Å². The summed E-state index contributed by atoms with van der Waals surface area (Å²) >= 11 is 0. The maximum atomic E-state index is 13.4. The number of piperidine rings is 1. The zero-order valence-corrected chi connectivity index (χ0v) is 18.6. The topological polar surface area (TPSA) is 93.1 Å². The molecule has 2 unspecified atom stereocenters. The Morgan fingerprint density at radius 2 is 2.03 bits per heavy atom. The van der Waals surface area contributed by atoms with Gasteiger partial charge in [-0.2, -0.15) is 13.2 Å². The highest BCUT2D eigenvalue weighted by Crippen LogP contribution is 2.37. The number of nitrogens with one attached hydrogen (secondary N) is 1. The molecular formula is C23H33F3N6. The fourth-order valence-corrected chi connectivity index (χ4v) is 4.51. The molecule has 4 rings (SSSR count). The number of alkyl halides is 3. The molecule has 2 aliphatic carbocycles. The van der Waals surface area contributed by atoms with Crippen molar-refractivity contribution < 1.29 is 13.2 Å². The van der Waals surface area contributed by atoms with Crippen molar-refractivity contribution >= 4 is 5.82 Å². The lowest BCUT2D eigenvalue weighted by Crippen LogP contribution is -2.47. The molecule has 3 aliphatic rings. The van der Waals surface area contributed by atoms with Gasteiger partial charge in [0.2, 0.25) is 0 Å². The first-order chi connectivity index (χ1) is 15.2. The van der Waals surface area contributed by atoms with Crippen LogP contribution in [0.2, 0.25) is 0 Å². The second-order valence-electron chi connectivity index (χ2n) is 9.46. The van der Waals surface area contributed by atoms with Gasteiger partial charge in [0.25, 0.3) is 0 Å². The van der Waals surface area contributed by atoms with Crippen molar-refractivity contribution in [3.05, 3.63) is 41.0 Å². The van der Waals surface area contributed by atoms with Gasteiger partial charge < -0.3 is 21.7 Å². The Bertz CT molecular complexity index is 892. The van der Waals surface area contributed by atoms with Crippen LogP contribution in [-0.4, -0.2) is 41.8 Å². The number of anilines is 1. The van der Waals surface area contributed by atoms with E-state index in [9.17, 15) is 13.2 Å². The van der Waals surface area contributed by atoms with Crippen molar-refractivity contribution in [3.63, 3.8) is 0 Å². The van der Waals surface area contributed by atoms with Gasteiger partial charge in [0, 0.05) is 43.0 Å². The standard InChI is InChI=1S/C23H33F3N6/c1-2-4-18-10-20(32-8-3-5-19(14-32)29-13-15-6-7-15)31-21(30-18)22(28)11-16(23(24,25)26)9-17(27)12-22/h9-11,15,19,29H,2-8,12-14,27-28H2,1H3. The van der Waals surface area contributed by atoms with Crippen LogP contribution < -0.4 is 21.7 Å². The third-order valence-electron chi connectivity index (χ3n) is 6.40. The van der Waals surface area contributed by atoms with Gasteiger partial charge in [0.15, 0.2) is 5.82 Å². The van der Waals surface area contributed by atoms with E-state index in [1.54, 1.807) is 0 Å². The first kappa shape index (κ1) is 23.0. The molecule has 176 valence electrons. The summed E-state index contributed by atoms with van der Waals surface area (Å²) in [5.41, 5.74) is 10.9. The molecular weight excluding hydrogens is 417 g/mol. The quantitative estimate of drug-likeness (QED) is 0.590. The number of hydrogen-bond acceptors (Lipinski definition) is 6. The second kappa shape index (κ2) is 9.02. The summed E-state index contributed by atoms with van der Waals surface area (Å²) in [6.45, 7) is 4.77. The van der Waals surface area contributed by atoms with E-state index >= 15 is 0 Å². The third-order valence-corrected chi connectivity index (χ3v) is 6.40. The first-order valence-electron chi connectivity index (χ1n) is 11.6. The smallest absolute Gasteiger partial charge is 0.402 e. The normalized spacial score (nSPS) is 26.7. The first-order valence-corrected chi connectivity index (χ1v) is 11.6. The second-order valence-corrected chi connectivity index (χ2v) is 9.46. The number of aromatic nitrogens is 2. The number of hydrogen-bond donors (Lipinski definition) is 3. The number of nitrogens with two attached hydrogens (primary N) is 2. The van der Waals surface area contributed by atoms with Gasteiger partial charge in [0.1, 0.15) is 11.4 Å². The lowest BCUT2D eigenvalue weighted by molar-refractivity contribution is -0.0892. The van der Waals surface area contributed by atoms with E-state index in [0.717, 1.165) is 68.5 Å². The summed E-state index contributed by atoms with van der Waals surface area (Å²) < 4.78 is 40.3. The molecule has 1 aromatic heterocycles. The Hall–Kier alpha value is -2.13. The van der Waals surface area contributed by atoms with Crippen LogP contribution in [0.3, 0.4) is 0 Å². The summed E-state index contributed by atoms with van der Waals surface area (Å²) in [7, 11) is 0. The Morgan fingerprint density at radius 1 is 1.25 bits per heavy atom. The zero-order valence-electron chi connectivity index (χ0n) is 18.6. The molecule has 0 spiro atoms. The van der Waals surface area contributed by atoms with Gasteiger partial charge in [0.05, 0.1) is 5.57 Å². The minimum atomic E-state index is -4.53. The van der Waals surface area contributed by atoms with Crippen LogP contribution in [0.25, 0.3) is 0 Å². The average molecular weight is 451 g/mol. The molecule has 1 aromatic rings. The number of allylic oxidation sites excluding steroid dienone is 2. The van der Waals surface area contributed by atoms with E-state index in [1.807, 2.05) is 13.0 Å². The van der Waals surface area contributed by atoms with Crippen LogP contribution in [-0.2, 0) is 12.0 Å². The van der Waals surface area contributed by atoms with Crippen LogP contribution in [0.1, 0.15) is 57.0 Å². The molecule has 5 N–H and O–H groups in total. The zero-order chi connectivity index (χ0) is 22.9. The van der Waals surface area contributed by atoms with Gasteiger partial charge in [-0.15, -0.1) is 0 Å². The predicted octanol–water partition coefficient (Wildman–Crippen LogP) is 3.29. The van der Waals surface area contributed by atoms with Crippen molar-refractivity contribution in [2.75, 3.05) is 24.5 Å². The molecule has 9 heteroatoms. The molecule has 2 fully saturated rings. The Morgan fingerprint density at radius 3 is 2.72 bits per heavy atom. The number of aryl methyl sites for hydroxylation is 1. The molecule has 2 heterocycles. The highest BCUT2D eigenvalue weighted by Gasteiger charge is 2.41. The van der Waals surface area contributed by atoms with E-state index in [4.69, 9.17) is 16.5 Å². The van der Waals surface area contributed by atoms with Gasteiger partial charge in [-0.25, -0.2) is 9.97 Å². The minimum absolute atomic E-state index is 0.0488. The summed E-state index contributed by atoms with van der Waals surface area (Å²) in [5, 5.41) is 3.67. The van der Waals surface area contributed by atoms with E-state index in [0.29, 0.717) is 12.5 Å². The predicted molar refractivity (Wildman–Crippen MR) is 119 cm³/mol. The maximum Gasteiger partial charge on any atom is 0.416 e. The lowest BCUT2D eigenvalue weighted by atomic mass is 9.86. The minimum Gasteiger partial charge on any atom is -0.402 e. The van der Waals surface area contributed by atoms with E-state index in [1.165, 1.54) is 12.8 Å². The Labute approximate surface area is 187 Å². The summed E-state index contributed by atoms with van der Waals surface area (Å²) in [5.74, 6) is 1.74. The molecule has 0 aromatic carbocycles. The summed E-state index contributed by atoms with van der Waals surface area (Å²) in [4.78, 5) is 11.5. The van der Waals surface area contributed by atoms with E-state index in [-0.39, 0.29) is 17.9 Å². The van der Waals surface area contributed by atoms with Crippen molar-refractivity contribution in [2.24, 2.45) is 17.4 Å². The monoisotopic (exact) mass is 450 g/mol. The fourth-order valence-electron chi connectivity index (χ4n) is 4.51. The van der Waals surface area contributed by atoms with Gasteiger partial charge in [-0.3, -0.25) is 0 Å². The SMILES string of the molecule is CCCc1cc(N2CCCC(NCC3CC3)C2)nc(C2(N)C=C(C(F)(F)F)C=C(N)C2)n1. The maximum absolute atomic E-state index is 13.4. The molecule has 1 saturated carbocycles. The number of nitrogens with zero attached hydrogens (tertiary/aromatic N) is 3. The summed E-state index contributed by atoms with van der Waals surface area (Å²) in [6, 6.07) is 2.34. The van der Waals surface area contributed by atoms with Gasteiger partial charge >= 0.3 is 6.18 Å². The molecule has 1 saturated heterocycles. The molecule has 0 bridgehead atoms. The Balaban J connectivity index is 1.63. The number of halogens is 3. The molecule has 0 radical (unpaired) electrons. The Kier molecular flexibility index (Phi) is 6.49. The third kappa shape index (κ3) is 5.43. The summed E-state index contributed by atoms with van der Waals surface area (Å²) in [6.07, 6.45) is 3.82.